The zero-order valence-corrected chi connectivity index (χ0v) is 15.2. The van der Waals surface area contributed by atoms with Crippen LogP contribution in [0.5, 0.6) is 5.75 Å². The fourth-order valence-corrected chi connectivity index (χ4v) is 3.09. The Morgan fingerprint density at radius 3 is 2.37 bits per heavy atom. The quantitative estimate of drug-likeness (QED) is 0.394. The first-order valence-corrected chi connectivity index (χ1v) is 8.99. The maximum atomic E-state index is 14.2. The highest BCUT2D eigenvalue weighted by Crippen LogP contribution is 2.36. The highest BCUT2D eigenvalue weighted by molar-refractivity contribution is 5.90. The Morgan fingerprint density at radius 2 is 1.81 bits per heavy atom. The lowest BCUT2D eigenvalue weighted by molar-refractivity contribution is -0.189. The Hall–Kier alpha value is -2.22. The van der Waals surface area contributed by atoms with Crippen molar-refractivity contribution >= 4 is 11.9 Å². The van der Waals surface area contributed by atoms with Crippen LogP contribution in [0.25, 0.3) is 0 Å². The average Bonchev–Trinajstić information content (AvgIpc) is 2.67. The van der Waals surface area contributed by atoms with E-state index in [2.05, 4.69) is 0 Å². The Balaban J connectivity index is 2.09. The molecule has 1 aromatic carbocycles. The average molecular weight is 386 g/mol. The summed E-state index contributed by atoms with van der Waals surface area (Å²) in [6.45, 7) is 2.36. The zero-order valence-electron chi connectivity index (χ0n) is 15.2. The number of carbonyl (C=O) groups excluding carboxylic acids is 1. The van der Waals surface area contributed by atoms with E-state index in [0.717, 1.165) is 6.42 Å². The van der Waals surface area contributed by atoms with E-state index in [-0.39, 0.29) is 12.4 Å². The third kappa shape index (κ3) is 5.63. The fourth-order valence-electron chi connectivity index (χ4n) is 3.09. The van der Waals surface area contributed by atoms with Gasteiger partial charge in [0, 0.05) is 12.5 Å². The van der Waals surface area contributed by atoms with Crippen molar-refractivity contribution < 1.29 is 37.7 Å². The molecule has 0 radical (unpaired) electrons. The van der Waals surface area contributed by atoms with Crippen LogP contribution in [0.2, 0.25) is 0 Å². The molecule has 1 saturated carbocycles. The van der Waals surface area contributed by atoms with Gasteiger partial charge in [0.15, 0.2) is 12.9 Å². The van der Waals surface area contributed by atoms with Crippen molar-refractivity contribution in [2.24, 2.45) is 5.92 Å². The fraction of sp³-hybridized carbons (Fsp3) is 0.579. The number of carboxylic acid groups (broad SMARTS) is 1. The van der Waals surface area contributed by atoms with Crippen LogP contribution in [0.4, 0.5) is 8.78 Å². The molecule has 1 fully saturated rings. The second-order valence-electron chi connectivity index (χ2n) is 6.43. The molecule has 0 saturated heterocycles. The molecule has 0 amide bonds. The Labute approximate surface area is 156 Å². The zero-order chi connectivity index (χ0) is 19.9. The molecule has 1 aromatic rings. The largest absolute Gasteiger partial charge is 0.477 e. The lowest BCUT2D eigenvalue weighted by Gasteiger charge is -2.33. The molecule has 1 aliphatic carbocycles. The number of ether oxygens (including phenoxy) is 3. The molecule has 0 aliphatic heterocycles. The molecule has 0 bridgehead atoms. The number of carbonyl (C=O) groups is 2. The topological polar surface area (TPSA) is 82.1 Å². The molecule has 27 heavy (non-hydrogen) atoms. The van der Waals surface area contributed by atoms with E-state index < -0.39 is 29.9 Å². The van der Waals surface area contributed by atoms with Gasteiger partial charge < -0.3 is 19.3 Å². The van der Waals surface area contributed by atoms with E-state index >= 15 is 0 Å². The van der Waals surface area contributed by atoms with Crippen LogP contribution in [-0.4, -0.2) is 42.5 Å². The van der Waals surface area contributed by atoms with Gasteiger partial charge in [-0.25, -0.2) is 9.59 Å². The van der Waals surface area contributed by atoms with Crippen LogP contribution in [0.3, 0.4) is 0 Å². The van der Waals surface area contributed by atoms with Crippen molar-refractivity contribution in [2.75, 3.05) is 13.4 Å². The second kappa shape index (κ2) is 9.64. The lowest BCUT2D eigenvalue weighted by Crippen LogP contribution is -2.48. The highest BCUT2D eigenvalue weighted by Gasteiger charge is 2.53. The molecular formula is C19H24F2O6. The van der Waals surface area contributed by atoms with Crippen LogP contribution < -0.4 is 4.74 Å². The summed E-state index contributed by atoms with van der Waals surface area (Å²) in [6.07, 6.45) is 1.15. The van der Waals surface area contributed by atoms with E-state index in [1.54, 1.807) is 0 Å². The van der Waals surface area contributed by atoms with Gasteiger partial charge in [0.25, 0.3) is 0 Å². The summed E-state index contributed by atoms with van der Waals surface area (Å²) in [5.41, 5.74) is 0.0424. The van der Waals surface area contributed by atoms with Crippen molar-refractivity contribution in [1.82, 2.24) is 0 Å². The van der Waals surface area contributed by atoms with Crippen LogP contribution in [0, 0.1) is 5.92 Å². The predicted octanol–water partition coefficient (Wildman–Crippen LogP) is 3.89. The summed E-state index contributed by atoms with van der Waals surface area (Å²) in [5.74, 6) is -7.64. The van der Waals surface area contributed by atoms with E-state index in [0.29, 0.717) is 38.0 Å². The molecule has 0 spiro atoms. The number of carboxylic acids is 1. The third-order valence-electron chi connectivity index (χ3n) is 4.56. The molecule has 1 aliphatic rings. The van der Waals surface area contributed by atoms with Crippen molar-refractivity contribution in [2.45, 2.75) is 51.1 Å². The number of aliphatic carboxylic acids is 1. The molecule has 1 N–H and O–H groups in total. The molecule has 0 heterocycles. The van der Waals surface area contributed by atoms with Gasteiger partial charge in [-0.3, -0.25) is 0 Å². The summed E-state index contributed by atoms with van der Waals surface area (Å²) in [5, 5.41) is 8.90. The van der Waals surface area contributed by atoms with E-state index in [1.165, 1.54) is 24.3 Å². The summed E-state index contributed by atoms with van der Waals surface area (Å²) >= 11 is 0. The van der Waals surface area contributed by atoms with Crippen molar-refractivity contribution in [1.29, 1.82) is 0 Å². The summed E-state index contributed by atoms with van der Waals surface area (Å²) < 4.78 is 43.7. The Bertz CT molecular complexity index is 626. The minimum Gasteiger partial charge on any atom is -0.477 e. The first kappa shape index (κ1) is 21.1. The van der Waals surface area contributed by atoms with Gasteiger partial charge in [-0.15, -0.1) is 0 Å². The number of hydrogen-bond donors (Lipinski definition) is 1. The number of rotatable bonds is 9. The van der Waals surface area contributed by atoms with Crippen LogP contribution >= 0.6 is 0 Å². The SMILES string of the molecule is CCOCOc1ccc(C(=O)OC(C2CCCCC2)C(F)(F)C(=O)O)cc1. The van der Waals surface area contributed by atoms with Gasteiger partial charge in [-0.2, -0.15) is 8.78 Å². The number of hydrogen-bond acceptors (Lipinski definition) is 5. The first-order valence-electron chi connectivity index (χ1n) is 8.99. The lowest BCUT2D eigenvalue weighted by atomic mass is 9.83. The molecule has 8 heteroatoms. The molecule has 2 rings (SSSR count). The smallest absolute Gasteiger partial charge is 0.378 e. The molecule has 6 nitrogen and oxygen atoms in total. The van der Waals surface area contributed by atoms with Gasteiger partial charge in [0.05, 0.1) is 5.56 Å². The minimum atomic E-state index is -4.14. The van der Waals surface area contributed by atoms with Crippen molar-refractivity contribution in [3.05, 3.63) is 29.8 Å². The van der Waals surface area contributed by atoms with Crippen molar-refractivity contribution in [3.63, 3.8) is 0 Å². The summed E-state index contributed by atoms with van der Waals surface area (Å²) in [4.78, 5) is 23.3. The minimum absolute atomic E-state index is 0.0424. The Morgan fingerprint density at radius 1 is 1.19 bits per heavy atom. The van der Waals surface area contributed by atoms with Crippen LogP contribution in [0.1, 0.15) is 49.4 Å². The van der Waals surface area contributed by atoms with E-state index in [9.17, 15) is 18.4 Å². The third-order valence-corrected chi connectivity index (χ3v) is 4.56. The van der Waals surface area contributed by atoms with Gasteiger partial charge in [-0.05, 0) is 44.0 Å². The number of benzene rings is 1. The van der Waals surface area contributed by atoms with Gasteiger partial charge in [0.2, 0.25) is 0 Å². The number of esters is 1. The maximum absolute atomic E-state index is 14.2. The highest BCUT2D eigenvalue weighted by atomic mass is 19.3. The van der Waals surface area contributed by atoms with E-state index in [4.69, 9.17) is 19.3 Å². The second-order valence-corrected chi connectivity index (χ2v) is 6.43. The number of halogens is 2. The molecular weight excluding hydrogens is 362 g/mol. The number of alkyl halides is 2. The monoisotopic (exact) mass is 386 g/mol. The Kier molecular flexibility index (Phi) is 7.53. The van der Waals surface area contributed by atoms with Gasteiger partial charge >= 0.3 is 17.9 Å². The predicted molar refractivity (Wildman–Crippen MR) is 91.9 cm³/mol. The van der Waals surface area contributed by atoms with Gasteiger partial charge in [-0.1, -0.05) is 19.3 Å². The summed E-state index contributed by atoms with van der Waals surface area (Å²) in [6, 6.07) is 5.72. The molecule has 150 valence electrons. The van der Waals surface area contributed by atoms with Crippen molar-refractivity contribution in [3.8, 4) is 5.75 Å². The van der Waals surface area contributed by atoms with Gasteiger partial charge in [0.1, 0.15) is 5.75 Å². The molecule has 0 aromatic heterocycles. The molecule has 1 unspecified atom stereocenters. The van der Waals surface area contributed by atoms with E-state index in [1.807, 2.05) is 6.92 Å². The maximum Gasteiger partial charge on any atom is 0.378 e. The van der Waals surface area contributed by atoms with Crippen LogP contribution in [0.15, 0.2) is 24.3 Å². The summed E-state index contributed by atoms with van der Waals surface area (Å²) in [7, 11) is 0. The molecule has 1 atom stereocenters. The standard InChI is InChI=1S/C19H24F2O6/c1-2-25-12-26-15-10-8-14(9-11-15)17(22)27-16(19(20,21)18(23)24)13-6-4-3-5-7-13/h8-11,13,16H,2-7,12H2,1H3,(H,23,24). The normalized spacial score (nSPS) is 16.6. The van der Waals surface area contributed by atoms with Crippen LogP contribution in [-0.2, 0) is 14.3 Å². The first-order chi connectivity index (χ1) is 12.9.